The molecule has 0 aromatic rings. The molecule has 0 N–H and O–H groups in total. The van der Waals surface area contributed by atoms with Crippen molar-refractivity contribution in [1.82, 2.24) is 0 Å². The summed E-state index contributed by atoms with van der Waals surface area (Å²) in [6, 6.07) is 0. The lowest BCUT2D eigenvalue weighted by molar-refractivity contribution is -0.167. The summed E-state index contributed by atoms with van der Waals surface area (Å²) in [4.78, 5) is 38.2. The Labute approximate surface area is 470 Å². The molecule has 0 heterocycles. The zero-order chi connectivity index (χ0) is 55.0. The van der Waals surface area contributed by atoms with Gasteiger partial charge in [0.25, 0.3) is 0 Å². The first-order valence-corrected chi connectivity index (χ1v) is 31.9. The summed E-state index contributed by atoms with van der Waals surface area (Å²) in [5.41, 5.74) is 0. The maximum atomic E-state index is 12.9. The summed E-state index contributed by atoms with van der Waals surface area (Å²) >= 11 is 0. The van der Waals surface area contributed by atoms with Crippen molar-refractivity contribution in [1.29, 1.82) is 0 Å². The van der Waals surface area contributed by atoms with Gasteiger partial charge in [0.15, 0.2) is 6.10 Å². The third kappa shape index (κ3) is 60.9. The van der Waals surface area contributed by atoms with Crippen LogP contribution in [0.5, 0.6) is 0 Å². The molecule has 0 aliphatic heterocycles. The van der Waals surface area contributed by atoms with Gasteiger partial charge in [0.2, 0.25) is 0 Å². The van der Waals surface area contributed by atoms with E-state index in [9.17, 15) is 14.4 Å². The molecule has 0 rings (SSSR count). The van der Waals surface area contributed by atoms with Gasteiger partial charge in [-0.15, -0.1) is 0 Å². The molecule has 0 saturated heterocycles. The van der Waals surface area contributed by atoms with Crippen molar-refractivity contribution in [2.45, 2.75) is 303 Å². The first kappa shape index (κ1) is 72.1. The fourth-order valence-corrected chi connectivity index (χ4v) is 8.71. The van der Waals surface area contributed by atoms with E-state index >= 15 is 0 Å². The van der Waals surface area contributed by atoms with E-state index in [2.05, 4.69) is 130 Å². The number of rotatable bonds is 57. The number of allylic oxidation sites excluding steroid dienone is 18. The molecule has 6 heteroatoms. The molecule has 0 saturated carbocycles. The summed E-state index contributed by atoms with van der Waals surface area (Å²) in [6.07, 6.45) is 86.7. The van der Waals surface area contributed by atoms with Gasteiger partial charge in [0.05, 0.1) is 0 Å². The monoisotopic (exact) mass is 1050 g/mol. The largest absolute Gasteiger partial charge is 0.462 e. The highest BCUT2D eigenvalue weighted by atomic mass is 16.6. The highest BCUT2D eigenvalue weighted by molar-refractivity contribution is 5.71. The van der Waals surface area contributed by atoms with Crippen LogP contribution in [0.15, 0.2) is 109 Å². The lowest BCUT2D eigenvalue weighted by Crippen LogP contribution is -2.30. The van der Waals surface area contributed by atoms with E-state index in [0.29, 0.717) is 19.3 Å². The van der Waals surface area contributed by atoms with Crippen molar-refractivity contribution in [3.8, 4) is 0 Å². The molecule has 0 aliphatic rings. The Bertz CT molecular complexity index is 1540. The van der Waals surface area contributed by atoms with Gasteiger partial charge >= 0.3 is 17.9 Å². The average Bonchev–Trinajstić information content (AvgIpc) is 3.42. The van der Waals surface area contributed by atoms with E-state index in [1.807, 2.05) is 0 Å². The van der Waals surface area contributed by atoms with Gasteiger partial charge in [-0.1, -0.05) is 265 Å². The predicted octanol–water partition coefficient (Wildman–Crippen LogP) is 21.8. The highest BCUT2D eigenvalue weighted by Crippen LogP contribution is 2.16. The summed E-state index contributed by atoms with van der Waals surface area (Å²) in [5.74, 6) is -0.906. The number of ether oxygens (including phenoxy) is 3. The number of esters is 3. The standard InChI is InChI=1S/C70H118O6/c1-4-7-10-13-16-19-22-24-26-28-30-31-32-33-34-35-36-37-38-39-41-42-44-46-48-51-54-57-60-63-69(72)75-66-67(65-74-68(71)62-59-56-53-50-21-18-15-12-9-6-3)76-70(73)64-61-58-55-52-49-47-45-43-40-29-27-25-23-20-17-14-11-8-5-2/h7,10,12,15-17,19-20,24-27,30-31,33-34,40,43,67H,4-6,8-9,11,13-14,18,21-23,28-29,32,35-39,41-42,44-66H2,1-3H3/b10-7-,15-12-,19-16-,20-17-,26-24-,27-25-,31-30-,34-33-,43-40-. The molecular weight excluding hydrogens is 937 g/mol. The molecule has 434 valence electrons. The minimum atomic E-state index is -0.790. The lowest BCUT2D eigenvalue weighted by atomic mass is 10.0. The number of carbonyl (C=O) groups excluding carboxylic acids is 3. The van der Waals surface area contributed by atoms with Crippen LogP contribution in [0.25, 0.3) is 0 Å². The minimum Gasteiger partial charge on any atom is -0.462 e. The topological polar surface area (TPSA) is 78.9 Å². The van der Waals surface area contributed by atoms with Crippen LogP contribution in [-0.4, -0.2) is 37.2 Å². The average molecular weight is 1060 g/mol. The third-order valence-corrected chi connectivity index (χ3v) is 13.5. The number of hydrogen-bond acceptors (Lipinski definition) is 6. The maximum absolute atomic E-state index is 12.9. The fraction of sp³-hybridized carbons (Fsp3) is 0.700. The van der Waals surface area contributed by atoms with E-state index in [-0.39, 0.29) is 31.1 Å². The molecule has 0 aliphatic carbocycles. The van der Waals surface area contributed by atoms with E-state index in [0.717, 1.165) is 135 Å². The molecule has 1 atom stereocenters. The molecule has 0 spiro atoms. The lowest BCUT2D eigenvalue weighted by Gasteiger charge is -2.18. The van der Waals surface area contributed by atoms with Crippen LogP contribution in [0.2, 0.25) is 0 Å². The first-order valence-electron chi connectivity index (χ1n) is 31.9. The van der Waals surface area contributed by atoms with Crippen LogP contribution >= 0.6 is 0 Å². The smallest absolute Gasteiger partial charge is 0.306 e. The Morgan fingerprint density at radius 2 is 0.539 bits per heavy atom. The van der Waals surface area contributed by atoms with Crippen molar-refractivity contribution in [3.05, 3.63) is 109 Å². The van der Waals surface area contributed by atoms with Gasteiger partial charge < -0.3 is 14.2 Å². The summed E-state index contributed by atoms with van der Waals surface area (Å²) < 4.78 is 16.9. The SMILES string of the molecule is CC/C=C\C/C=C\C/C=C\C/C=C\C/C=C\CCCCCCCCCCCCCCCC(=O)OCC(COC(=O)CCCCCCC/C=C\CCC)OC(=O)CCCCCCCC/C=C\C/C=C\C/C=C\CCCCC. The highest BCUT2D eigenvalue weighted by Gasteiger charge is 2.19. The predicted molar refractivity (Wildman–Crippen MR) is 330 cm³/mol. The Hall–Kier alpha value is -3.93. The Morgan fingerprint density at radius 3 is 0.868 bits per heavy atom. The normalized spacial score (nSPS) is 12.8. The van der Waals surface area contributed by atoms with Crippen LogP contribution in [0, 0.1) is 0 Å². The summed E-state index contributed by atoms with van der Waals surface area (Å²) in [5, 5.41) is 0. The molecule has 1 unspecified atom stereocenters. The van der Waals surface area contributed by atoms with E-state index in [4.69, 9.17) is 14.2 Å². The van der Waals surface area contributed by atoms with Crippen molar-refractivity contribution in [2.24, 2.45) is 0 Å². The molecule has 0 amide bonds. The quantitative estimate of drug-likeness (QED) is 0.0261. The second kappa shape index (κ2) is 63.6. The van der Waals surface area contributed by atoms with Crippen LogP contribution in [0.3, 0.4) is 0 Å². The minimum absolute atomic E-state index is 0.0864. The molecule has 0 aromatic carbocycles. The zero-order valence-corrected chi connectivity index (χ0v) is 49.7. The molecule has 6 nitrogen and oxygen atoms in total. The van der Waals surface area contributed by atoms with Crippen LogP contribution in [-0.2, 0) is 28.6 Å². The first-order chi connectivity index (χ1) is 37.5. The van der Waals surface area contributed by atoms with Crippen molar-refractivity contribution in [3.63, 3.8) is 0 Å². The Kier molecular flexibility index (Phi) is 60.3. The van der Waals surface area contributed by atoms with Crippen molar-refractivity contribution in [2.75, 3.05) is 13.2 Å². The molecular formula is C70H118O6. The third-order valence-electron chi connectivity index (χ3n) is 13.5. The molecule has 0 radical (unpaired) electrons. The van der Waals surface area contributed by atoms with Gasteiger partial charge in [-0.05, 0) is 122 Å². The van der Waals surface area contributed by atoms with Gasteiger partial charge in [0, 0.05) is 19.3 Å². The molecule has 76 heavy (non-hydrogen) atoms. The summed E-state index contributed by atoms with van der Waals surface area (Å²) in [7, 11) is 0. The maximum Gasteiger partial charge on any atom is 0.306 e. The van der Waals surface area contributed by atoms with Gasteiger partial charge in [0.1, 0.15) is 13.2 Å². The second-order valence-corrected chi connectivity index (χ2v) is 20.9. The van der Waals surface area contributed by atoms with Crippen LogP contribution in [0.1, 0.15) is 297 Å². The van der Waals surface area contributed by atoms with Crippen molar-refractivity contribution < 1.29 is 28.6 Å². The molecule has 0 aromatic heterocycles. The van der Waals surface area contributed by atoms with E-state index < -0.39 is 6.10 Å². The Morgan fingerprint density at radius 1 is 0.276 bits per heavy atom. The number of unbranched alkanes of at least 4 members (excludes halogenated alkanes) is 28. The van der Waals surface area contributed by atoms with Crippen molar-refractivity contribution >= 4 is 17.9 Å². The zero-order valence-electron chi connectivity index (χ0n) is 49.7. The summed E-state index contributed by atoms with van der Waals surface area (Å²) in [6.45, 7) is 6.43. The van der Waals surface area contributed by atoms with Crippen LogP contribution < -0.4 is 0 Å². The van der Waals surface area contributed by atoms with E-state index in [1.165, 1.54) is 122 Å². The molecule has 0 fully saturated rings. The number of carbonyl (C=O) groups is 3. The fourth-order valence-electron chi connectivity index (χ4n) is 8.71. The number of hydrogen-bond donors (Lipinski definition) is 0. The molecule has 0 bridgehead atoms. The van der Waals surface area contributed by atoms with Gasteiger partial charge in [-0.2, -0.15) is 0 Å². The van der Waals surface area contributed by atoms with Gasteiger partial charge in [-0.25, -0.2) is 0 Å². The van der Waals surface area contributed by atoms with E-state index in [1.54, 1.807) is 0 Å². The van der Waals surface area contributed by atoms with Gasteiger partial charge in [-0.3, -0.25) is 14.4 Å². The van der Waals surface area contributed by atoms with Crippen LogP contribution in [0.4, 0.5) is 0 Å². The second-order valence-electron chi connectivity index (χ2n) is 20.9. The Balaban J connectivity index is 4.23.